The Labute approximate surface area is 110 Å². The van der Waals surface area contributed by atoms with Gasteiger partial charge in [-0.25, -0.2) is 8.42 Å². The fraction of sp³-hybridized carbons (Fsp3) is 0.273. The number of terminal acetylenes is 1. The third-order valence-electron chi connectivity index (χ3n) is 2.17. The highest BCUT2D eigenvalue weighted by Gasteiger charge is 2.20. The van der Waals surface area contributed by atoms with Crippen molar-refractivity contribution in [2.75, 3.05) is 5.73 Å². The zero-order valence-electron chi connectivity index (χ0n) is 9.27. The van der Waals surface area contributed by atoms with Crippen molar-refractivity contribution >= 4 is 31.6 Å². The molecule has 1 rings (SSSR count). The molecule has 0 amide bonds. The summed E-state index contributed by atoms with van der Waals surface area (Å²) < 4.78 is 27.1. The van der Waals surface area contributed by atoms with Crippen LogP contribution in [0.5, 0.6) is 0 Å². The first-order valence-electron chi connectivity index (χ1n) is 4.94. The van der Waals surface area contributed by atoms with Gasteiger partial charge in [-0.2, -0.15) is 4.72 Å². The Bertz CT molecular complexity index is 549. The van der Waals surface area contributed by atoms with Gasteiger partial charge in [-0.05, 0) is 24.6 Å². The lowest BCUT2D eigenvalue weighted by Gasteiger charge is -2.13. The lowest BCUT2D eigenvalue weighted by Crippen LogP contribution is -2.33. The molecule has 0 radical (unpaired) electrons. The Balaban J connectivity index is 3.10. The molecule has 0 aliphatic rings. The summed E-state index contributed by atoms with van der Waals surface area (Å²) in [6.07, 6.45) is 5.74. The summed E-state index contributed by atoms with van der Waals surface area (Å²) in [5, 5.41) is 0. The topological polar surface area (TPSA) is 72.2 Å². The Morgan fingerprint density at radius 3 is 2.71 bits per heavy atom. The van der Waals surface area contributed by atoms with Gasteiger partial charge in [0.25, 0.3) is 0 Å². The van der Waals surface area contributed by atoms with Crippen LogP contribution < -0.4 is 10.5 Å². The van der Waals surface area contributed by atoms with Gasteiger partial charge in [-0.1, -0.05) is 28.8 Å². The summed E-state index contributed by atoms with van der Waals surface area (Å²) in [6, 6.07) is 4.06. The van der Waals surface area contributed by atoms with E-state index in [9.17, 15) is 8.42 Å². The van der Waals surface area contributed by atoms with Gasteiger partial charge in [-0.15, -0.1) is 6.42 Å². The van der Waals surface area contributed by atoms with Crippen molar-refractivity contribution in [1.29, 1.82) is 0 Å². The van der Waals surface area contributed by atoms with E-state index in [4.69, 9.17) is 12.2 Å². The van der Waals surface area contributed by atoms with Crippen LogP contribution in [0, 0.1) is 12.3 Å². The second-order valence-electron chi connectivity index (χ2n) is 3.43. The van der Waals surface area contributed by atoms with Gasteiger partial charge in [0.2, 0.25) is 10.0 Å². The summed E-state index contributed by atoms with van der Waals surface area (Å²) in [5.74, 6) is 2.37. The molecule has 0 bridgehead atoms. The quantitative estimate of drug-likeness (QED) is 0.656. The summed E-state index contributed by atoms with van der Waals surface area (Å²) in [7, 11) is -3.67. The van der Waals surface area contributed by atoms with Gasteiger partial charge in [0.05, 0.1) is 11.7 Å². The molecule has 4 nitrogen and oxygen atoms in total. The van der Waals surface area contributed by atoms with E-state index in [0.29, 0.717) is 6.42 Å². The number of hydrogen-bond donors (Lipinski definition) is 2. The van der Waals surface area contributed by atoms with Gasteiger partial charge < -0.3 is 5.73 Å². The van der Waals surface area contributed by atoms with Crippen molar-refractivity contribution in [3.8, 4) is 12.3 Å². The minimum Gasteiger partial charge on any atom is -0.398 e. The number of hydrogen-bond acceptors (Lipinski definition) is 3. The Morgan fingerprint density at radius 1 is 1.59 bits per heavy atom. The van der Waals surface area contributed by atoms with Crippen LogP contribution in [0.3, 0.4) is 0 Å². The van der Waals surface area contributed by atoms with E-state index in [2.05, 4.69) is 26.6 Å². The highest BCUT2D eigenvalue weighted by atomic mass is 79.9. The molecule has 1 aromatic carbocycles. The molecule has 92 valence electrons. The molecule has 1 atom stereocenters. The van der Waals surface area contributed by atoms with Crippen LogP contribution in [-0.4, -0.2) is 14.5 Å². The molecule has 6 heteroatoms. The third-order valence-corrected chi connectivity index (χ3v) is 4.21. The number of halogens is 1. The predicted molar refractivity (Wildman–Crippen MR) is 71.8 cm³/mol. The minimum atomic E-state index is -3.67. The molecule has 0 aliphatic heterocycles. The summed E-state index contributed by atoms with van der Waals surface area (Å²) in [4.78, 5) is 0.0365. The lowest BCUT2D eigenvalue weighted by molar-refractivity contribution is 0.571. The van der Waals surface area contributed by atoms with Gasteiger partial charge in [0.1, 0.15) is 4.90 Å². The summed E-state index contributed by atoms with van der Waals surface area (Å²) >= 11 is 3.21. The highest BCUT2D eigenvalue weighted by molar-refractivity contribution is 9.10. The van der Waals surface area contributed by atoms with Crippen molar-refractivity contribution in [3.63, 3.8) is 0 Å². The first-order chi connectivity index (χ1) is 7.90. The molecule has 0 aliphatic carbocycles. The van der Waals surface area contributed by atoms with Gasteiger partial charge >= 0.3 is 0 Å². The maximum absolute atomic E-state index is 12.0. The normalized spacial score (nSPS) is 13.0. The molecule has 0 aromatic heterocycles. The Morgan fingerprint density at radius 2 is 2.24 bits per heavy atom. The van der Waals surface area contributed by atoms with E-state index in [0.717, 1.165) is 4.47 Å². The van der Waals surface area contributed by atoms with Crippen molar-refractivity contribution < 1.29 is 8.42 Å². The van der Waals surface area contributed by atoms with Crippen molar-refractivity contribution in [1.82, 2.24) is 4.72 Å². The van der Waals surface area contributed by atoms with Crippen molar-refractivity contribution in [2.24, 2.45) is 0 Å². The van der Waals surface area contributed by atoms with Crippen LogP contribution in [0.4, 0.5) is 5.69 Å². The molecular formula is C11H13BrN2O2S. The number of anilines is 1. The molecule has 17 heavy (non-hydrogen) atoms. The highest BCUT2D eigenvalue weighted by Crippen LogP contribution is 2.22. The van der Waals surface area contributed by atoms with E-state index in [1.165, 1.54) is 12.1 Å². The summed E-state index contributed by atoms with van der Waals surface area (Å²) in [6.45, 7) is 1.80. The molecule has 1 aromatic rings. The van der Waals surface area contributed by atoms with Crippen molar-refractivity contribution in [3.05, 3.63) is 22.7 Å². The second-order valence-corrected chi connectivity index (χ2v) is 6.03. The average Bonchev–Trinajstić information content (AvgIpc) is 2.25. The van der Waals surface area contributed by atoms with Gasteiger partial charge in [0.15, 0.2) is 0 Å². The standard InChI is InChI=1S/C11H13BrN2O2S/c1-3-9(4-2)14-17(15,16)11-6-5-8(12)7-10(11)13/h1,5-7,9,14H,4,13H2,2H3. The Kier molecular flexibility index (Phi) is 4.57. The number of benzene rings is 1. The number of nitrogens with one attached hydrogen (secondary N) is 1. The maximum Gasteiger partial charge on any atom is 0.243 e. The first kappa shape index (κ1) is 14.0. The van der Waals surface area contributed by atoms with E-state index in [-0.39, 0.29) is 10.6 Å². The fourth-order valence-electron chi connectivity index (χ4n) is 1.25. The lowest BCUT2D eigenvalue weighted by atomic mass is 10.3. The number of nitrogen functional groups attached to an aromatic ring is 1. The van der Waals surface area contributed by atoms with Crippen LogP contribution in [0.15, 0.2) is 27.6 Å². The number of rotatable bonds is 4. The second kappa shape index (κ2) is 5.54. The first-order valence-corrected chi connectivity index (χ1v) is 7.21. The monoisotopic (exact) mass is 316 g/mol. The smallest absolute Gasteiger partial charge is 0.243 e. The number of sulfonamides is 1. The Hall–Kier alpha value is -1.03. The van der Waals surface area contributed by atoms with Crippen LogP contribution in [0.2, 0.25) is 0 Å². The molecule has 1 unspecified atom stereocenters. The number of nitrogens with two attached hydrogens (primary N) is 1. The van der Waals surface area contributed by atoms with E-state index >= 15 is 0 Å². The SMILES string of the molecule is C#CC(CC)NS(=O)(=O)c1ccc(Br)cc1N. The maximum atomic E-state index is 12.0. The van der Waals surface area contributed by atoms with E-state index in [1.54, 1.807) is 13.0 Å². The third kappa shape index (κ3) is 3.46. The van der Waals surface area contributed by atoms with Gasteiger partial charge in [-0.3, -0.25) is 0 Å². The molecule has 0 spiro atoms. The van der Waals surface area contributed by atoms with Crippen molar-refractivity contribution in [2.45, 2.75) is 24.3 Å². The largest absolute Gasteiger partial charge is 0.398 e. The molecule has 0 heterocycles. The van der Waals surface area contributed by atoms with Crippen LogP contribution in [0.1, 0.15) is 13.3 Å². The van der Waals surface area contributed by atoms with Crippen LogP contribution >= 0.6 is 15.9 Å². The zero-order chi connectivity index (χ0) is 13.1. The van der Waals surface area contributed by atoms with E-state index < -0.39 is 16.1 Å². The van der Waals surface area contributed by atoms with Gasteiger partial charge in [0, 0.05) is 4.47 Å². The summed E-state index contributed by atoms with van der Waals surface area (Å²) in [5.41, 5.74) is 5.84. The van der Waals surface area contributed by atoms with Crippen LogP contribution in [0.25, 0.3) is 0 Å². The molecule has 3 N–H and O–H groups in total. The zero-order valence-corrected chi connectivity index (χ0v) is 11.7. The molecular weight excluding hydrogens is 304 g/mol. The fourth-order valence-corrected chi connectivity index (χ4v) is 2.98. The minimum absolute atomic E-state index is 0.0365. The van der Waals surface area contributed by atoms with Crippen LogP contribution in [-0.2, 0) is 10.0 Å². The molecule has 0 fully saturated rings. The molecule has 0 saturated carbocycles. The average molecular weight is 317 g/mol. The predicted octanol–water partition coefficient (Wildman–Crippen LogP) is 1.72. The van der Waals surface area contributed by atoms with E-state index in [1.807, 2.05) is 0 Å². The molecule has 0 saturated heterocycles.